The molecule has 3 aromatic carbocycles. The highest BCUT2D eigenvalue weighted by atomic mass is 19.4. The van der Waals surface area contributed by atoms with Crippen LogP contribution in [0.25, 0.3) is 0 Å². The van der Waals surface area contributed by atoms with E-state index in [0.717, 1.165) is 11.6 Å². The molecule has 0 aliphatic heterocycles. The fourth-order valence-electron chi connectivity index (χ4n) is 3.68. The van der Waals surface area contributed by atoms with Gasteiger partial charge in [0.2, 0.25) is 0 Å². The third-order valence-corrected chi connectivity index (χ3v) is 5.78. The zero-order chi connectivity index (χ0) is 28.3. The third kappa shape index (κ3) is 7.02. The number of rotatable bonds is 9. The van der Waals surface area contributed by atoms with Gasteiger partial charge in [0.05, 0.1) is 6.04 Å². The monoisotopic (exact) mass is 547 g/mol. The van der Waals surface area contributed by atoms with Gasteiger partial charge in [-0.25, -0.2) is 0 Å². The van der Waals surface area contributed by atoms with Gasteiger partial charge < -0.3 is 15.2 Å². The topological polar surface area (TPSA) is 41.5 Å². The Bertz CT molecular complexity index is 1220. The summed E-state index contributed by atoms with van der Waals surface area (Å²) in [6.07, 6.45) is -13.7. The Morgan fingerprint density at radius 2 is 1.24 bits per heavy atom. The van der Waals surface area contributed by atoms with E-state index in [1.807, 2.05) is 19.9 Å². The molecule has 3 aromatic rings. The molecular formula is C27H25F8NO2. The van der Waals surface area contributed by atoms with E-state index < -0.39 is 42.5 Å². The lowest BCUT2D eigenvalue weighted by atomic mass is 9.95. The Labute approximate surface area is 214 Å². The molecule has 3 rings (SSSR count). The molecule has 0 amide bonds. The van der Waals surface area contributed by atoms with Crippen LogP contribution in [0.5, 0.6) is 11.5 Å². The Morgan fingerprint density at radius 1 is 0.737 bits per heavy atom. The van der Waals surface area contributed by atoms with E-state index in [9.17, 15) is 40.2 Å². The van der Waals surface area contributed by atoms with Crippen LogP contribution in [0.4, 0.5) is 35.1 Å². The predicted molar refractivity (Wildman–Crippen MR) is 125 cm³/mol. The summed E-state index contributed by atoms with van der Waals surface area (Å²) in [5, 5.41) is 11.9. The van der Waals surface area contributed by atoms with Crippen LogP contribution >= 0.6 is 0 Å². The largest absolute Gasteiger partial charge is 0.458 e. The second-order valence-corrected chi connectivity index (χ2v) is 9.00. The van der Waals surface area contributed by atoms with E-state index >= 15 is 0 Å². The van der Waals surface area contributed by atoms with Gasteiger partial charge in [0.15, 0.2) is 6.10 Å². The molecule has 0 fully saturated rings. The van der Waals surface area contributed by atoms with Gasteiger partial charge in [0.25, 0.3) is 0 Å². The van der Waals surface area contributed by atoms with Gasteiger partial charge >= 0.3 is 18.3 Å². The molecule has 0 aromatic heterocycles. The van der Waals surface area contributed by atoms with E-state index in [1.165, 1.54) is 24.3 Å². The van der Waals surface area contributed by atoms with E-state index in [2.05, 4.69) is 5.32 Å². The molecule has 0 saturated carbocycles. The average molecular weight is 547 g/mol. The molecule has 38 heavy (non-hydrogen) atoms. The van der Waals surface area contributed by atoms with Crippen molar-refractivity contribution in [3.8, 4) is 11.5 Å². The van der Waals surface area contributed by atoms with Crippen molar-refractivity contribution < 1.29 is 45.0 Å². The number of ether oxygens (including phenoxy) is 1. The Balaban J connectivity index is 2.00. The Kier molecular flexibility index (Phi) is 8.72. The lowest BCUT2D eigenvalue weighted by Crippen LogP contribution is -2.40. The minimum atomic E-state index is -5.88. The van der Waals surface area contributed by atoms with Gasteiger partial charge in [-0.05, 0) is 52.9 Å². The zero-order valence-electron chi connectivity index (χ0n) is 20.2. The molecule has 0 spiro atoms. The standard InChI is InChI=1S/C27H25F8NO2/c1-16(2)17-6-4-10-21(13-17)38-22-11-5-8-19(14-22)24(36-15-23(37)26(30,31)32)18-7-3-9-20(12-18)25(28,29)27(33,34)35/h3-14,16,23-24,36-37H,15H2,1-2H3. The first-order chi connectivity index (χ1) is 17.6. The van der Waals surface area contributed by atoms with E-state index in [1.54, 1.807) is 24.3 Å². The minimum Gasteiger partial charge on any atom is -0.457 e. The SMILES string of the molecule is CC(C)c1cccc(Oc2cccc(C(NCC(O)C(F)(F)F)c3cccc(C(F)(F)C(F)(F)F)c3)c2)c1. The first-order valence-corrected chi connectivity index (χ1v) is 11.5. The summed E-state index contributed by atoms with van der Waals surface area (Å²) >= 11 is 0. The summed E-state index contributed by atoms with van der Waals surface area (Å²) in [4.78, 5) is 0. The number of hydrogen-bond acceptors (Lipinski definition) is 3. The molecule has 3 nitrogen and oxygen atoms in total. The Hall–Kier alpha value is -3.18. The maximum Gasteiger partial charge on any atom is 0.458 e. The molecule has 206 valence electrons. The highest BCUT2D eigenvalue weighted by Gasteiger charge is 2.58. The molecule has 0 saturated heterocycles. The van der Waals surface area contributed by atoms with Crippen LogP contribution in [0.2, 0.25) is 0 Å². The molecule has 11 heteroatoms. The van der Waals surface area contributed by atoms with Gasteiger partial charge in [-0.15, -0.1) is 0 Å². The van der Waals surface area contributed by atoms with Gasteiger partial charge in [-0.3, -0.25) is 0 Å². The fraction of sp³-hybridized carbons (Fsp3) is 0.333. The van der Waals surface area contributed by atoms with E-state index in [4.69, 9.17) is 4.74 Å². The lowest BCUT2D eigenvalue weighted by molar-refractivity contribution is -0.289. The second-order valence-electron chi connectivity index (χ2n) is 9.00. The van der Waals surface area contributed by atoms with Crippen molar-refractivity contribution in [3.05, 3.63) is 95.1 Å². The number of hydrogen-bond donors (Lipinski definition) is 2. The van der Waals surface area contributed by atoms with Crippen LogP contribution in [0.3, 0.4) is 0 Å². The summed E-state index contributed by atoms with van der Waals surface area (Å²) in [5.41, 5.74) is -0.338. The van der Waals surface area contributed by atoms with Crippen LogP contribution in [0.15, 0.2) is 72.8 Å². The van der Waals surface area contributed by atoms with Crippen LogP contribution in [0.1, 0.15) is 48.1 Å². The maximum atomic E-state index is 14.0. The summed E-state index contributed by atoms with van der Waals surface area (Å²) in [6.45, 7) is 2.93. The highest BCUT2D eigenvalue weighted by molar-refractivity contribution is 5.41. The first-order valence-electron chi connectivity index (χ1n) is 11.5. The quantitative estimate of drug-likeness (QED) is 0.268. The van der Waals surface area contributed by atoms with E-state index in [-0.39, 0.29) is 22.8 Å². The number of alkyl halides is 8. The smallest absolute Gasteiger partial charge is 0.457 e. The van der Waals surface area contributed by atoms with Gasteiger partial charge in [-0.2, -0.15) is 35.1 Å². The number of nitrogens with one attached hydrogen (secondary N) is 1. The van der Waals surface area contributed by atoms with Crippen molar-refractivity contribution in [1.82, 2.24) is 5.32 Å². The highest BCUT2D eigenvalue weighted by Crippen LogP contribution is 2.44. The molecule has 0 heterocycles. The summed E-state index contributed by atoms with van der Waals surface area (Å²) in [6, 6.07) is 15.1. The van der Waals surface area contributed by atoms with Crippen molar-refractivity contribution in [1.29, 1.82) is 0 Å². The average Bonchev–Trinajstić information content (AvgIpc) is 2.83. The molecular weight excluding hydrogens is 522 g/mol. The second kappa shape index (κ2) is 11.3. The molecule has 2 N–H and O–H groups in total. The molecule has 2 unspecified atom stereocenters. The van der Waals surface area contributed by atoms with Crippen LogP contribution < -0.4 is 10.1 Å². The Morgan fingerprint density at radius 3 is 1.76 bits per heavy atom. The summed E-state index contributed by atoms with van der Waals surface area (Å²) in [5.74, 6) is -4.26. The predicted octanol–water partition coefficient (Wildman–Crippen LogP) is 7.86. The molecule has 0 radical (unpaired) electrons. The van der Waals surface area contributed by atoms with Crippen molar-refractivity contribution in [2.75, 3.05) is 6.54 Å². The van der Waals surface area contributed by atoms with Crippen LogP contribution in [0, 0.1) is 0 Å². The maximum absolute atomic E-state index is 14.0. The van der Waals surface area contributed by atoms with Gasteiger partial charge in [-0.1, -0.05) is 56.3 Å². The molecule has 2 atom stereocenters. The van der Waals surface area contributed by atoms with E-state index in [0.29, 0.717) is 17.9 Å². The first kappa shape index (κ1) is 29.4. The fourth-order valence-corrected chi connectivity index (χ4v) is 3.68. The number of aliphatic hydroxyl groups excluding tert-OH is 1. The lowest BCUT2D eigenvalue weighted by Gasteiger charge is -2.25. The molecule has 0 aliphatic rings. The number of aliphatic hydroxyl groups is 1. The van der Waals surface area contributed by atoms with Crippen molar-refractivity contribution in [2.45, 2.75) is 50.2 Å². The summed E-state index contributed by atoms with van der Waals surface area (Å²) < 4.78 is 112. The number of benzene rings is 3. The normalized spacial score (nSPS) is 14.4. The van der Waals surface area contributed by atoms with Gasteiger partial charge in [0.1, 0.15) is 11.5 Å². The van der Waals surface area contributed by atoms with Crippen LogP contribution in [-0.4, -0.2) is 30.1 Å². The summed E-state index contributed by atoms with van der Waals surface area (Å²) in [7, 11) is 0. The van der Waals surface area contributed by atoms with Crippen molar-refractivity contribution in [3.63, 3.8) is 0 Å². The van der Waals surface area contributed by atoms with Crippen LogP contribution in [-0.2, 0) is 5.92 Å². The zero-order valence-corrected chi connectivity index (χ0v) is 20.2. The van der Waals surface area contributed by atoms with Gasteiger partial charge in [0, 0.05) is 12.1 Å². The molecule has 0 bridgehead atoms. The minimum absolute atomic E-state index is 0.167. The third-order valence-electron chi connectivity index (χ3n) is 5.78. The number of halogens is 8. The van der Waals surface area contributed by atoms with Crippen molar-refractivity contribution >= 4 is 0 Å². The van der Waals surface area contributed by atoms with Crippen molar-refractivity contribution in [2.24, 2.45) is 0 Å². The molecule has 0 aliphatic carbocycles.